The Morgan fingerprint density at radius 3 is 2.94 bits per heavy atom. The van der Waals surface area contributed by atoms with Gasteiger partial charge in [-0.1, -0.05) is 19.8 Å². The van der Waals surface area contributed by atoms with E-state index in [1.165, 1.54) is 12.8 Å². The predicted molar refractivity (Wildman–Crippen MR) is 66.8 cm³/mol. The van der Waals surface area contributed by atoms with Crippen molar-refractivity contribution in [2.24, 2.45) is 0 Å². The lowest BCUT2D eigenvalue weighted by atomic mass is 10.3. The number of nitrogens with two attached hydrogens (primary N) is 1. The van der Waals surface area contributed by atoms with Gasteiger partial charge in [-0.2, -0.15) is 5.10 Å². The number of carbonyl (C=O) groups excluding carboxylic acids is 1. The lowest BCUT2D eigenvalue weighted by Crippen LogP contribution is -2.25. The van der Waals surface area contributed by atoms with Crippen LogP contribution in [0.1, 0.15) is 55.6 Å². The number of amides is 1. The fourth-order valence-corrected chi connectivity index (χ4v) is 2.26. The van der Waals surface area contributed by atoms with Crippen molar-refractivity contribution in [1.82, 2.24) is 15.1 Å². The summed E-state index contributed by atoms with van der Waals surface area (Å²) in [5.41, 5.74) is 6.68. The van der Waals surface area contributed by atoms with Gasteiger partial charge in [0.25, 0.3) is 5.91 Å². The van der Waals surface area contributed by atoms with Crippen LogP contribution in [0.4, 0.5) is 5.69 Å². The smallest absolute Gasteiger partial charge is 0.273 e. The van der Waals surface area contributed by atoms with Crippen molar-refractivity contribution in [3.05, 3.63) is 11.9 Å². The monoisotopic (exact) mass is 236 g/mol. The molecule has 5 nitrogen and oxygen atoms in total. The van der Waals surface area contributed by atoms with Gasteiger partial charge in [0, 0.05) is 12.7 Å². The second-order valence-electron chi connectivity index (χ2n) is 4.61. The maximum atomic E-state index is 11.8. The number of nitrogens with one attached hydrogen (secondary N) is 1. The molecule has 1 saturated carbocycles. The zero-order valence-electron chi connectivity index (χ0n) is 10.3. The van der Waals surface area contributed by atoms with Crippen molar-refractivity contribution in [1.29, 1.82) is 0 Å². The summed E-state index contributed by atoms with van der Waals surface area (Å²) in [4.78, 5) is 11.8. The minimum atomic E-state index is -0.166. The standard InChI is InChI=1S/C12H20N4O/c1-2-7-14-12(17)11-10(13)8-16(15-11)9-5-3-4-6-9/h8-9H,2-7,13H2,1H3,(H,14,17). The molecule has 1 heterocycles. The maximum absolute atomic E-state index is 11.8. The Kier molecular flexibility index (Phi) is 3.66. The molecule has 0 saturated heterocycles. The molecule has 1 aromatic rings. The second kappa shape index (κ2) is 5.21. The summed E-state index contributed by atoms with van der Waals surface area (Å²) >= 11 is 0. The third-order valence-electron chi connectivity index (χ3n) is 3.21. The van der Waals surface area contributed by atoms with Crippen molar-refractivity contribution in [2.75, 3.05) is 12.3 Å². The van der Waals surface area contributed by atoms with Gasteiger partial charge in [0.2, 0.25) is 0 Å². The first-order chi connectivity index (χ1) is 8.22. The summed E-state index contributed by atoms with van der Waals surface area (Å²) in [7, 11) is 0. The van der Waals surface area contributed by atoms with E-state index in [1.54, 1.807) is 6.20 Å². The van der Waals surface area contributed by atoms with Crippen LogP contribution < -0.4 is 11.1 Å². The highest BCUT2D eigenvalue weighted by Gasteiger charge is 2.21. The molecule has 0 spiro atoms. The third-order valence-corrected chi connectivity index (χ3v) is 3.21. The third kappa shape index (κ3) is 2.60. The molecule has 1 aliphatic rings. The van der Waals surface area contributed by atoms with Gasteiger partial charge in [-0.25, -0.2) is 0 Å². The molecule has 0 unspecified atom stereocenters. The van der Waals surface area contributed by atoms with E-state index >= 15 is 0 Å². The Morgan fingerprint density at radius 1 is 1.59 bits per heavy atom. The molecule has 3 N–H and O–H groups in total. The van der Waals surface area contributed by atoms with Gasteiger partial charge >= 0.3 is 0 Å². The van der Waals surface area contributed by atoms with Crippen LogP contribution in [0.2, 0.25) is 0 Å². The molecule has 0 aliphatic heterocycles. The van der Waals surface area contributed by atoms with E-state index in [4.69, 9.17) is 5.73 Å². The Balaban J connectivity index is 2.09. The summed E-state index contributed by atoms with van der Waals surface area (Å²) in [5, 5.41) is 7.12. The zero-order chi connectivity index (χ0) is 12.3. The van der Waals surface area contributed by atoms with Gasteiger partial charge in [-0.05, 0) is 19.3 Å². The molecule has 2 rings (SSSR count). The summed E-state index contributed by atoms with van der Waals surface area (Å²) < 4.78 is 1.86. The second-order valence-corrected chi connectivity index (χ2v) is 4.61. The molecule has 1 amide bonds. The average Bonchev–Trinajstić information content (AvgIpc) is 2.94. The minimum Gasteiger partial charge on any atom is -0.396 e. The number of nitrogen functional groups attached to an aromatic ring is 1. The Hall–Kier alpha value is -1.52. The molecule has 0 radical (unpaired) electrons. The minimum absolute atomic E-state index is 0.166. The molecule has 17 heavy (non-hydrogen) atoms. The molecule has 0 atom stereocenters. The number of nitrogens with zero attached hydrogens (tertiary/aromatic N) is 2. The maximum Gasteiger partial charge on any atom is 0.273 e. The molecule has 1 aromatic heterocycles. The summed E-state index contributed by atoms with van der Waals surface area (Å²) in [5.74, 6) is -0.166. The largest absolute Gasteiger partial charge is 0.396 e. The van der Waals surface area contributed by atoms with Crippen molar-refractivity contribution in [3.63, 3.8) is 0 Å². The van der Waals surface area contributed by atoms with Crippen LogP contribution >= 0.6 is 0 Å². The zero-order valence-corrected chi connectivity index (χ0v) is 10.3. The first kappa shape index (κ1) is 12.0. The van der Waals surface area contributed by atoms with Crippen LogP contribution in [-0.2, 0) is 0 Å². The molecule has 94 valence electrons. The van der Waals surface area contributed by atoms with E-state index in [-0.39, 0.29) is 5.91 Å². The first-order valence-electron chi connectivity index (χ1n) is 6.35. The highest BCUT2D eigenvalue weighted by molar-refractivity contribution is 5.96. The Labute approximate surface area is 101 Å². The fraction of sp³-hybridized carbons (Fsp3) is 0.667. The predicted octanol–water partition coefficient (Wildman–Crippen LogP) is 1.72. The lowest BCUT2D eigenvalue weighted by Gasteiger charge is -2.08. The number of carbonyl (C=O) groups is 1. The topological polar surface area (TPSA) is 72.9 Å². The van der Waals surface area contributed by atoms with Crippen molar-refractivity contribution >= 4 is 11.6 Å². The number of aromatic nitrogens is 2. The van der Waals surface area contributed by atoms with Gasteiger partial charge in [0.1, 0.15) is 0 Å². The number of hydrogen-bond acceptors (Lipinski definition) is 3. The molecule has 0 bridgehead atoms. The molecule has 0 aromatic carbocycles. The van der Waals surface area contributed by atoms with E-state index < -0.39 is 0 Å². The number of hydrogen-bond donors (Lipinski definition) is 2. The van der Waals surface area contributed by atoms with E-state index in [2.05, 4.69) is 10.4 Å². The summed E-state index contributed by atoms with van der Waals surface area (Å²) in [6.45, 7) is 2.68. The van der Waals surface area contributed by atoms with Crippen LogP contribution in [0, 0.1) is 0 Å². The Bertz CT molecular complexity index is 393. The Morgan fingerprint density at radius 2 is 2.29 bits per heavy atom. The highest BCUT2D eigenvalue weighted by atomic mass is 16.1. The van der Waals surface area contributed by atoms with Crippen LogP contribution in [-0.4, -0.2) is 22.2 Å². The molecule has 1 fully saturated rings. The summed E-state index contributed by atoms with van der Waals surface area (Å²) in [6, 6.07) is 0.421. The fourth-order valence-electron chi connectivity index (χ4n) is 2.26. The van der Waals surface area contributed by atoms with Crippen LogP contribution in [0.3, 0.4) is 0 Å². The van der Waals surface area contributed by atoms with Crippen molar-refractivity contribution in [3.8, 4) is 0 Å². The molecule has 5 heteroatoms. The number of anilines is 1. The first-order valence-corrected chi connectivity index (χ1v) is 6.35. The van der Waals surface area contributed by atoms with Gasteiger partial charge in [-0.15, -0.1) is 0 Å². The van der Waals surface area contributed by atoms with Gasteiger partial charge in [-0.3, -0.25) is 9.48 Å². The quantitative estimate of drug-likeness (QED) is 0.836. The summed E-state index contributed by atoms with van der Waals surface area (Å²) in [6.07, 6.45) is 7.45. The van der Waals surface area contributed by atoms with Crippen LogP contribution in [0.15, 0.2) is 6.20 Å². The van der Waals surface area contributed by atoms with E-state index in [9.17, 15) is 4.79 Å². The average molecular weight is 236 g/mol. The van der Waals surface area contributed by atoms with E-state index in [1.807, 2.05) is 11.6 Å². The van der Waals surface area contributed by atoms with Crippen LogP contribution in [0.5, 0.6) is 0 Å². The molecular weight excluding hydrogens is 216 g/mol. The highest BCUT2D eigenvalue weighted by Crippen LogP contribution is 2.29. The van der Waals surface area contributed by atoms with E-state index in [0.29, 0.717) is 24.0 Å². The van der Waals surface area contributed by atoms with Crippen molar-refractivity contribution in [2.45, 2.75) is 45.1 Å². The van der Waals surface area contributed by atoms with Crippen molar-refractivity contribution < 1.29 is 4.79 Å². The molecular formula is C12H20N4O. The van der Waals surface area contributed by atoms with Gasteiger partial charge in [0.15, 0.2) is 5.69 Å². The number of rotatable bonds is 4. The van der Waals surface area contributed by atoms with Crippen LogP contribution in [0.25, 0.3) is 0 Å². The van der Waals surface area contributed by atoms with E-state index in [0.717, 1.165) is 19.3 Å². The van der Waals surface area contributed by atoms with Gasteiger partial charge in [0.05, 0.1) is 11.7 Å². The SMILES string of the molecule is CCCNC(=O)c1nn(C2CCCC2)cc1N. The molecule has 1 aliphatic carbocycles. The van der Waals surface area contributed by atoms with Gasteiger partial charge < -0.3 is 11.1 Å². The lowest BCUT2D eigenvalue weighted by molar-refractivity contribution is 0.0948. The normalized spacial score (nSPS) is 16.3.